The molecule has 4 nitrogen and oxygen atoms in total. The van der Waals surface area contributed by atoms with E-state index in [0.717, 1.165) is 26.0 Å². The number of nitrogens with two attached hydrogens (primary N) is 1. The maximum Gasteiger partial charge on any atom is 0.0934 e. The van der Waals surface area contributed by atoms with Crippen molar-refractivity contribution in [1.29, 1.82) is 0 Å². The molecule has 27 heavy (non-hydrogen) atoms. The normalized spacial score (nSPS) is 35.1. The van der Waals surface area contributed by atoms with Crippen molar-refractivity contribution in [1.82, 2.24) is 4.90 Å². The summed E-state index contributed by atoms with van der Waals surface area (Å²) in [6, 6.07) is 2.07. The minimum atomic E-state index is 0.0333. The fourth-order valence-corrected chi connectivity index (χ4v) is 5.58. The molecule has 2 N–H and O–H groups in total. The number of rotatable bonds is 7. The van der Waals surface area contributed by atoms with E-state index in [1.165, 1.54) is 82.9 Å². The van der Waals surface area contributed by atoms with E-state index in [1.807, 2.05) is 6.26 Å². The van der Waals surface area contributed by atoms with Gasteiger partial charge in [0.25, 0.3) is 0 Å². The van der Waals surface area contributed by atoms with Crippen LogP contribution >= 0.6 is 0 Å². The quantitative estimate of drug-likeness (QED) is 0.762. The third-order valence-electron chi connectivity index (χ3n) is 7.75. The van der Waals surface area contributed by atoms with Crippen molar-refractivity contribution >= 4 is 0 Å². The Labute approximate surface area is 164 Å². The van der Waals surface area contributed by atoms with Crippen LogP contribution in [0.3, 0.4) is 0 Å². The van der Waals surface area contributed by atoms with E-state index >= 15 is 0 Å². The van der Waals surface area contributed by atoms with Crippen molar-refractivity contribution in [3.63, 3.8) is 0 Å². The minimum Gasteiger partial charge on any atom is -0.472 e. The average Bonchev–Trinajstić information content (AvgIpc) is 3.39. The van der Waals surface area contributed by atoms with E-state index in [9.17, 15) is 0 Å². The van der Waals surface area contributed by atoms with Crippen LogP contribution in [0.15, 0.2) is 23.0 Å². The van der Waals surface area contributed by atoms with Gasteiger partial charge in [0.1, 0.15) is 0 Å². The third-order valence-corrected chi connectivity index (χ3v) is 7.75. The number of aryl methyl sites for hydroxylation is 1. The van der Waals surface area contributed by atoms with Crippen LogP contribution in [0.25, 0.3) is 0 Å². The molecule has 2 saturated carbocycles. The second-order valence-corrected chi connectivity index (χ2v) is 9.61. The molecule has 152 valence electrons. The first kappa shape index (κ1) is 19.5. The Morgan fingerprint density at radius 2 is 1.81 bits per heavy atom. The Balaban J connectivity index is 1.16. The predicted molar refractivity (Wildman–Crippen MR) is 109 cm³/mol. The highest BCUT2D eigenvalue weighted by atomic mass is 16.5. The Kier molecular flexibility index (Phi) is 6.25. The summed E-state index contributed by atoms with van der Waals surface area (Å²) in [5.41, 5.74) is 8.64. The molecule has 0 bridgehead atoms. The van der Waals surface area contributed by atoms with E-state index in [4.69, 9.17) is 14.9 Å². The lowest BCUT2D eigenvalue weighted by Crippen LogP contribution is -2.47. The minimum absolute atomic E-state index is 0.0333. The van der Waals surface area contributed by atoms with E-state index < -0.39 is 0 Å². The second-order valence-electron chi connectivity index (χ2n) is 9.61. The van der Waals surface area contributed by atoms with Gasteiger partial charge in [0.05, 0.1) is 25.2 Å². The van der Waals surface area contributed by atoms with Crippen LogP contribution in [-0.2, 0) is 11.2 Å². The largest absolute Gasteiger partial charge is 0.472 e. The van der Waals surface area contributed by atoms with Gasteiger partial charge in [-0.25, -0.2) is 0 Å². The highest BCUT2D eigenvalue weighted by Gasteiger charge is 2.42. The molecular formula is C23H38N2O2. The second kappa shape index (κ2) is 8.67. The van der Waals surface area contributed by atoms with Gasteiger partial charge in [-0.15, -0.1) is 0 Å². The monoisotopic (exact) mass is 374 g/mol. The first-order valence-electron chi connectivity index (χ1n) is 11.3. The van der Waals surface area contributed by atoms with Gasteiger partial charge in [-0.2, -0.15) is 0 Å². The molecule has 0 amide bonds. The molecule has 1 aromatic heterocycles. The molecule has 2 heterocycles. The summed E-state index contributed by atoms with van der Waals surface area (Å²) >= 11 is 0. The molecule has 1 spiro atoms. The number of likely N-dealkylation sites (tertiary alicyclic amines) is 1. The van der Waals surface area contributed by atoms with Crippen LogP contribution in [0.4, 0.5) is 0 Å². The van der Waals surface area contributed by atoms with Crippen LogP contribution in [0, 0.1) is 5.41 Å². The lowest BCUT2D eigenvalue weighted by atomic mass is 9.60. The van der Waals surface area contributed by atoms with Gasteiger partial charge in [-0.05, 0) is 107 Å². The van der Waals surface area contributed by atoms with Gasteiger partial charge >= 0.3 is 0 Å². The predicted octanol–water partition coefficient (Wildman–Crippen LogP) is 4.53. The summed E-state index contributed by atoms with van der Waals surface area (Å²) in [6.45, 7) is 4.61. The molecule has 2 aliphatic carbocycles. The van der Waals surface area contributed by atoms with Gasteiger partial charge in [0, 0.05) is 12.1 Å². The number of hydrogen-bond donors (Lipinski definition) is 1. The fraction of sp³-hybridized carbons (Fsp3) is 0.826. The van der Waals surface area contributed by atoms with Crippen molar-refractivity contribution in [2.24, 2.45) is 11.1 Å². The summed E-state index contributed by atoms with van der Waals surface area (Å²) < 4.78 is 11.4. The summed E-state index contributed by atoms with van der Waals surface area (Å²) in [7, 11) is 0. The van der Waals surface area contributed by atoms with Gasteiger partial charge < -0.3 is 19.8 Å². The molecule has 0 atom stereocenters. The van der Waals surface area contributed by atoms with Crippen molar-refractivity contribution in [3.8, 4) is 0 Å². The standard InChI is InChI=1S/C23H38N2O2/c24-23(9-3-20-6-17-26-19-20)12-10-22(11-13-23)7-4-21(5-8-22)27-18-16-25-14-1-2-15-25/h6,17,19,21H,1-5,7-16,18,24H2. The SMILES string of the molecule is NC1(CCc2ccoc2)CCC2(CCC(OCCN3CCCC3)CC2)CC1. The average molecular weight is 375 g/mol. The van der Waals surface area contributed by atoms with Crippen molar-refractivity contribution in [2.75, 3.05) is 26.2 Å². The van der Waals surface area contributed by atoms with Crippen LogP contribution < -0.4 is 5.73 Å². The van der Waals surface area contributed by atoms with Gasteiger partial charge in [0.15, 0.2) is 0 Å². The lowest BCUT2D eigenvalue weighted by molar-refractivity contribution is -0.0256. The van der Waals surface area contributed by atoms with Crippen molar-refractivity contribution in [3.05, 3.63) is 24.2 Å². The molecule has 3 fully saturated rings. The number of furan rings is 1. The maximum absolute atomic E-state index is 6.76. The van der Waals surface area contributed by atoms with Crippen LogP contribution in [0.2, 0.25) is 0 Å². The molecule has 3 aliphatic rings. The summed E-state index contributed by atoms with van der Waals surface area (Å²) in [4.78, 5) is 2.55. The van der Waals surface area contributed by atoms with Gasteiger partial charge in [0.2, 0.25) is 0 Å². The van der Waals surface area contributed by atoms with E-state index in [2.05, 4.69) is 11.0 Å². The number of hydrogen-bond acceptors (Lipinski definition) is 4. The summed E-state index contributed by atoms with van der Waals surface area (Å²) in [6.07, 6.45) is 19.2. The Bertz CT molecular complexity index is 547. The highest BCUT2D eigenvalue weighted by Crippen LogP contribution is 2.50. The molecule has 4 heteroatoms. The van der Waals surface area contributed by atoms with Gasteiger partial charge in [-0.1, -0.05) is 0 Å². The zero-order valence-corrected chi connectivity index (χ0v) is 17.0. The maximum atomic E-state index is 6.76. The summed E-state index contributed by atoms with van der Waals surface area (Å²) in [5, 5.41) is 0. The zero-order chi connectivity index (χ0) is 18.6. The number of ether oxygens (including phenoxy) is 1. The van der Waals surface area contributed by atoms with Crippen LogP contribution in [0.1, 0.15) is 76.2 Å². The fourth-order valence-electron chi connectivity index (χ4n) is 5.58. The van der Waals surface area contributed by atoms with E-state index in [-0.39, 0.29) is 5.54 Å². The van der Waals surface area contributed by atoms with Crippen molar-refractivity contribution < 1.29 is 9.15 Å². The molecular weight excluding hydrogens is 336 g/mol. The lowest BCUT2D eigenvalue weighted by Gasteiger charge is -2.48. The number of nitrogens with zero attached hydrogens (tertiary/aromatic N) is 1. The van der Waals surface area contributed by atoms with Crippen LogP contribution in [-0.4, -0.2) is 42.8 Å². The first-order chi connectivity index (χ1) is 13.1. The van der Waals surface area contributed by atoms with Crippen LogP contribution in [0.5, 0.6) is 0 Å². The Morgan fingerprint density at radius 1 is 1.07 bits per heavy atom. The molecule has 1 aliphatic heterocycles. The highest BCUT2D eigenvalue weighted by molar-refractivity contribution is 5.07. The van der Waals surface area contributed by atoms with Gasteiger partial charge in [-0.3, -0.25) is 0 Å². The molecule has 4 rings (SSSR count). The van der Waals surface area contributed by atoms with Crippen molar-refractivity contribution in [2.45, 2.75) is 88.7 Å². The molecule has 0 unspecified atom stereocenters. The molecule has 1 saturated heterocycles. The Morgan fingerprint density at radius 3 is 2.48 bits per heavy atom. The van der Waals surface area contributed by atoms with E-state index in [0.29, 0.717) is 11.5 Å². The van der Waals surface area contributed by atoms with E-state index in [1.54, 1.807) is 6.26 Å². The third kappa shape index (κ3) is 5.16. The molecule has 0 radical (unpaired) electrons. The molecule has 0 aromatic carbocycles. The summed E-state index contributed by atoms with van der Waals surface area (Å²) in [5.74, 6) is 0. The smallest absolute Gasteiger partial charge is 0.0934 e. The Hall–Kier alpha value is -0.840. The topological polar surface area (TPSA) is 51.6 Å². The molecule has 1 aromatic rings. The zero-order valence-electron chi connectivity index (χ0n) is 17.0. The first-order valence-corrected chi connectivity index (χ1v) is 11.3.